The number of pyridine rings is 1. The van der Waals surface area contributed by atoms with Gasteiger partial charge in [-0.2, -0.15) is 0 Å². The largest absolute Gasteiger partial charge is 0.342 e. The monoisotopic (exact) mass is 357 g/mol. The normalized spacial score (nSPS) is 19.1. The molecule has 0 unspecified atom stereocenters. The number of aromatic nitrogens is 1. The van der Waals surface area contributed by atoms with Crippen molar-refractivity contribution in [2.45, 2.75) is 58.8 Å². The van der Waals surface area contributed by atoms with E-state index in [1.54, 1.807) is 0 Å². The van der Waals surface area contributed by atoms with Gasteiger partial charge in [0.25, 0.3) is 5.91 Å². The molecule has 5 heteroatoms. The highest BCUT2D eigenvalue weighted by atomic mass is 16.2. The lowest BCUT2D eigenvalue weighted by molar-refractivity contribution is -0.135. The van der Waals surface area contributed by atoms with Gasteiger partial charge >= 0.3 is 0 Å². The molecule has 3 heterocycles. The quantitative estimate of drug-likeness (QED) is 0.833. The van der Waals surface area contributed by atoms with Gasteiger partial charge in [0.05, 0.1) is 11.3 Å². The molecule has 0 aliphatic carbocycles. The van der Waals surface area contributed by atoms with Crippen LogP contribution in [0.4, 0.5) is 0 Å². The second-order valence-electron chi connectivity index (χ2n) is 7.99. The van der Waals surface area contributed by atoms with Gasteiger partial charge in [-0.1, -0.05) is 13.8 Å². The first-order valence-corrected chi connectivity index (χ1v) is 10.0. The summed E-state index contributed by atoms with van der Waals surface area (Å²) in [6, 6.07) is 3.90. The summed E-state index contributed by atoms with van der Waals surface area (Å²) in [4.78, 5) is 34.0. The Labute approximate surface area is 156 Å². The fraction of sp³-hybridized carbons (Fsp3) is 0.667. The van der Waals surface area contributed by atoms with Crippen molar-refractivity contribution in [2.75, 3.05) is 26.2 Å². The standard InChI is InChI=1S/C21H31N3O2/c1-15(2)20(25)24-13-9-17(10-14-24)19-18(8-7-16(3)22-19)21(26)23-11-5-4-6-12-23/h7-8,15,17H,4-6,9-14H2,1-3H3. The minimum absolute atomic E-state index is 0.0416. The fourth-order valence-electron chi connectivity index (χ4n) is 4.07. The van der Waals surface area contributed by atoms with Crippen LogP contribution in [0.2, 0.25) is 0 Å². The minimum atomic E-state index is 0.0416. The number of carbonyl (C=O) groups excluding carboxylic acids is 2. The number of likely N-dealkylation sites (tertiary alicyclic amines) is 2. The number of hydrogen-bond acceptors (Lipinski definition) is 3. The highest BCUT2D eigenvalue weighted by molar-refractivity contribution is 5.95. The zero-order valence-corrected chi connectivity index (χ0v) is 16.3. The molecule has 142 valence electrons. The van der Waals surface area contributed by atoms with Gasteiger partial charge < -0.3 is 9.80 Å². The maximum absolute atomic E-state index is 13.1. The number of carbonyl (C=O) groups is 2. The first-order valence-electron chi connectivity index (χ1n) is 10.0. The zero-order valence-electron chi connectivity index (χ0n) is 16.3. The van der Waals surface area contributed by atoms with Crippen LogP contribution in [0.3, 0.4) is 0 Å². The molecule has 1 aromatic rings. The molecule has 2 aliphatic rings. The predicted molar refractivity (Wildman–Crippen MR) is 102 cm³/mol. The molecule has 0 saturated carbocycles. The van der Waals surface area contributed by atoms with E-state index in [0.717, 1.165) is 68.8 Å². The number of hydrogen-bond donors (Lipinski definition) is 0. The van der Waals surface area contributed by atoms with Gasteiger partial charge in [0.15, 0.2) is 0 Å². The van der Waals surface area contributed by atoms with Crippen LogP contribution in [0.25, 0.3) is 0 Å². The minimum Gasteiger partial charge on any atom is -0.342 e. The van der Waals surface area contributed by atoms with Crippen LogP contribution in [0, 0.1) is 12.8 Å². The van der Waals surface area contributed by atoms with Crippen LogP contribution in [0.1, 0.15) is 73.6 Å². The van der Waals surface area contributed by atoms with Gasteiger partial charge in [0.2, 0.25) is 5.91 Å². The van der Waals surface area contributed by atoms with Crippen molar-refractivity contribution < 1.29 is 9.59 Å². The first-order chi connectivity index (χ1) is 12.5. The number of rotatable bonds is 3. The second kappa shape index (κ2) is 8.19. The molecule has 2 fully saturated rings. The van der Waals surface area contributed by atoms with Crippen LogP contribution in [-0.2, 0) is 4.79 Å². The molecular weight excluding hydrogens is 326 g/mol. The van der Waals surface area contributed by atoms with Crippen LogP contribution in [0.5, 0.6) is 0 Å². The Hall–Kier alpha value is -1.91. The molecule has 2 aliphatic heterocycles. The van der Waals surface area contributed by atoms with Crippen molar-refractivity contribution in [2.24, 2.45) is 5.92 Å². The van der Waals surface area contributed by atoms with Gasteiger partial charge in [-0.25, -0.2) is 0 Å². The lowest BCUT2D eigenvalue weighted by atomic mass is 9.89. The van der Waals surface area contributed by atoms with E-state index in [2.05, 4.69) is 0 Å². The van der Waals surface area contributed by atoms with Crippen molar-refractivity contribution in [1.82, 2.24) is 14.8 Å². The van der Waals surface area contributed by atoms with Gasteiger partial charge in [-0.3, -0.25) is 14.6 Å². The highest BCUT2D eigenvalue weighted by Crippen LogP contribution is 2.31. The maximum atomic E-state index is 13.1. The molecule has 2 amide bonds. The zero-order chi connectivity index (χ0) is 18.7. The molecular formula is C21H31N3O2. The summed E-state index contributed by atoms with van der Waals surface area (Å²) < 4.78 is 0. The van der Waals surface area contributed by atoms with E-state index < -0.39 is 0 Å². The Kier molecular flexibility index (Phi) is 5.94. The summed E-state index contributed by atoms with van der Waals surface area (Å²) >= 11 is 0. The van der Waals surface area contributed by atoms with E-state index in [-0.39, 0.29) is 23.7 Å². The molecule has 0 radical (unpaired) electrons. The molecule has 1 aromatic heterocycles. The summed E-state index contributed by atoms with van der Waals surface area (Å²) in [5.41, 5.74) is 2.67. The third kappa shape index (κ3) is 4.08. The number of nitrogens with zero attached hydrogens (tertiary/aromatic N) is 3. The van der Waals surface area contributed by atoms with E-state index in [0.29, 0.717) is 0 Å². The number of aryl methyl sites for hydroxylation is 1. The average molecular weight is 357 g/mol. The van der Waals surface area contributed by atoms with E-state index in [9.17, 15) is 9.59 Å². The molecule has 0 aromatic carbocycles. The summed E-state index contributed by atoms with van der Waals surface area (Å²) in [6.45, 7) is 9.11. The van der Waals surface area contributed by atoms with Gasteiger partial charge in [0, 0.05) is 43.7 Å². The van der Waals surface area contributed by atoms with E-state index in [1.807, 2.05) is 42.7 Å². The number of amides is 2. The molecule has 0 N–H and O–H groups in total. The molecule has 26 heavy (non-hydrogen) atoms. The van der Waals surface area contributed by atoms with Gasteiger partial charge in [-0.15, -0.1) is 0 Å². The van der Waals surface area contributed by atoms with Crippen LogP contribution in [0.15, 0.2) is 12.1 Å². The van der Waals surface area contributed by atoms with Crippen LogP contribution < -0.4 is 0 Å². The molecule has 0 spiro atoms. The first kappa shape index (κ1) is 18.9. The highest BCUT2D eigenvalue weighted by Gasteiger charge is 2.30. The van der Waals surface area contributed by atoms with Crippen molar-refractivity contribution in [3.05, 3.63) is 29.1 Å². The predicted octanol–water partition coefficient (Wildman–Crippen LogP) is 3.38. The summed E-state index contributed by atoms with van der Waals surface area (Å²) in [5.74, 6) is 0.660. The van der Waals surface area contributed by atoms with Crippen LogP contribution in [-0.4, -0.2) is 52.8 Å². The van der Waals surface area contributed by atoms with E-state index in [1.165, 1.54) is 6.42 Å². The molecule has 2 saturated heterocycles. The third-order valence-electron chi connectivity index (χ3n) is 5.62. The van der Waals surface area contributed by atoms with Gasteiger partial charge in [-0.05, 0) is 51.2 Å². The fourth-order valence-corrected chi connectivity index (χ4v) is 4.07. The summed E-state index contributed by atoms with van der Waals surface area (Å²) in [6.07, 6.45) is 5.17. The topological polar surface area (TPSA) is 53.5 Å². The summed E-state index contributed by atoms with van der Waals surface area (Å²) in [7, 11) is 0. The SMILES string of the molecule is Cc1ccc(C(=O)N2CCCCC2)c(C2CCN(C(=O)C(C)C)CC2)n1. The second-order valence-corrected chi connectivity index (χ2v) is 7.99. The van der Waals surface area contributed by atoms with Crippen molar-refractivity contribution in [3.8, 4) is 0 Å². The smallest absolute Gasteiger partial charge is 0.255 e. The lowest BCUT2D eigenvalue weighted by Crippen LogP contribution is -2.41. The average Bonchev–Trinajstić information content (AvgIpc) is 2.67. The Morgan fingerprint density at radius 3 is 2.27 bits per heavy atom. The Morgan fingerprint density at radius 1 is 1.00 bits per heavy atom. The van der Waals surface area contributed by atoms with Crippen molar-refractivity contribution in [3.63, 3.8) is 0 Å². The Morgan fingerprint density at radius 2 is 1.65 bits per heavy atom. The van der Waals surface area contributed by atoms with E-state index in [4.69, 9.17) is 4.98 Å². The molecule has 0 atom stereocenters. The van der Waals surface area contributed by atoms with E-state index >= 15 is 0 Å². The third-order valence-corrected chi connectivity index (χ3v) is 5.62. The lowest BCUT2D eigenvalue weighted by Gasteiger charge is -2.34. The van der Waals surface area contributed by atoms with Crippen LogP contribution >= 0.6 is 0 Å². The Balaban J connectivity index is 1.76. The van der Waals surface area contributed by atoms with Crippen molar-refractivity contribution in [1.29, 1.82) is 0 Å². The van der Waals surface area contributed by atoms with Crippen molar-refractivity contribution >= 4 is 11.8 Å². The number of piperidine rings is 2. The van der Waals surface area contributed by atoms with Gasteiger partial charge in [0.1, 0.15) is 0 Å². The Bertz CT molecular complexity index is 657. The molecule has 5 nitrogen and oxygen atoms in total. The molecule has 3 rings (SSSR count). The molecule has 0 bridgehead atoms. The summed E-state index contributed by atoms with van der Waals surface area (Å²) in [5, 5.41) is 0. The maximum Gasteiger partial charge on any atom is 0.255 e.